The molecule has 1 aromatic carbocycles. The molecule has 74 valence electrons. The number of nitrogens with one attached hydrogen (secondary N) is 1. The van der Waals surface area contributed by atoms with Crippen LogP contribution in [0.4, 0.5) is 10.1 Å². The van der Waals surface area contributed by atoms with E-state index in [0.717, 1.165) is 11.8 Å². The average molecular weight is 212 g/mol. The van der Waals surface area contributed by atoms with E-state index in [1.165, 1.54) is 23.9 Å². The summed E-state index contributed by atoms with van der Waals surface area (Å²) in [5.41, 5.74) is 0.501. The van der Waals surface area contributed by atoms with Crippen LogP contribution in [0.2, 0.25) is 0 Å². The highest BCUT2D eigenvalue weighted by Gasteiger charge is 2.21. The first-order valence-corrected chi connectivity index (χ1v) is 5.14. The van der Waals surface area contributed by atoms with E-state index in [2.05, 4.69) is 0 Å². The van der Waals surface area contributed by atoms with E-state index in [9.17, 15) is 9.50 Å². The highest BCUT2D eigenvalue weighted by Crippen LogP contribution is 2.32. The minimum Gasteiger partial charge on any atom is -0.506 e. The highest BCUT2D eigenvalue weighted by molar-refractivity contribution is 8.14. The number of amidine groups is 1. The summed E-state index contributed by atoms with van der Waals surface area (Å²) in [6, 6.07) is 3.84. The van der Waals surface area contributed by atoms with Gasteiger partial charge < -0.3 is 10.0 Å². The van der Waals surface area contributed by atoms with E-state index in [1.54, 1.807) is 4.90 Å². The summed E-state index contributed by atoms with van der Waals surface area (Å²) in [7, 11) is 0. The molecule has 0 aliphatic carbocycles. The molecule has 1 aliphatic rings. The van der Waals surface area contributed by atoms with Crippen molar-refractivity contribution in [1.82, 2.24) is 0 Å². The van der Waals surface area contributed by atoms with Gasteiger partial charge in [0.25, 0.3) is 0 Å². The first-order valence-electron chi connectivity index (χ1n) is 4.16. The normalized spacial score (nSPS) is 16.4. The molecule has 0 atom stereocenters. The van der Waals surface area contributed by atoms with Crippen LogP contribution in [0.15, 0.2) is 18.2 Å². The second kappa shape index (κ2) is 3.49. The van der Waals surface area contributed by atoms with Gasteiger partial charge in [0.05, 0.1) is 5.69 Å². The number of benzene rings is 1. The predicted octanol–water partition coefficient (Wildman–Crippen LogP) is 2.02. The van der Waals surface area contributed by atoms with E-state index in [-0.39, 0.29) is 5.75 Å². The third kappa shape index (κ3) is 1.55. The van der Waals surface area contributed by atoms with Crippen LogP contribution in [0.25, 0.3) is 0 Å². The Labute approximate surface area is 85.0 Å². The lowest BCUT2D eigenvalue weighted by Gasteiger charge is -2.17. The SMILES string of the molecule is N=C1SCCN1c1ccc(F)cc1O. The maximum Gasteiger partial charge on any atom is 0.161 e. The Balaban J connectivity index is 2.36. The van der Waals surface area contributed by atoms with Crippen LogP contribution in [0.1, 0.15) is 0 Å². The lowest BCUT2D eigenvalue weighted by atomic mass is 10.2. The number of thioether (sulfide) groups is 1. The number of nitrogens with zero attached hydrogens (tertiary/aromatic N) is 1. The molecule has 0 aromatic heterocycles. The number of phenols is 1. The van der Waals surface area contributed by atoms with Crippen molar-refractivity contribution in [3.05, 3.63) is 24.0 Å². The molecule has 14 heavy (non-hydrogen) atoms. The Morgan fingerprint density at radius 3 is 2.86 bits per heavy atom. The van der Waals surface area contributed by atoms with Crippen LogP contribution < -0.4 is 4.90 Å². The van der Waals surface area contributed by atoms with Crippen LogP contribution in [-0.4, -0.2) is 22.6 Å². The summed E-state index contributed by atoms with van der Waals surface area (Å²) >= 11 is 1.42. The molecule has 0 saturated carbocycles. The zero-order valence-corrected chi connectivity index (χ0v) is 8.14. The molecule has 1 heterocycles. The first-order chi connectivity index (χ1) is 6.68. The standard InChI is InChI=1S/C9H9FN2OS/c10-6-1-2-7(8(13)5-6)12-3-4-14-9(12)11/h1-2,5,11,13H,3-4H2. The molecule has 1 aromatic rings. The molecule has 1 aliphatic heterocycles. The van der Waals surface area contributed by atoms with E-state index in [0.29, 0.717) is 17.4 Å². The number of aromatic hydroxyl groups is 1. The number of anilines is 1. The lowest BCUT2D eigenvalue weighted by molar-refractivity contribution is 0.470. The van der Waals surface area contributed by atoms with Gasteiger partial charge in [0, 0.05) is 18.4 Å². The van der Waals surface area contributed by atoms with Crippen LogP contribution in [0, 0.1) is 11.2 Å². The number of halogens is 1. The smallest absolute Gasteiger partial charge is 0.161 e. The van der Waals surface area contributed by atoms with Crippen molar-refractivity contribution in [3.8, 4) is 5.75 Å². The van der Waals surface area contributed by atoms with Crippen LogP contribution in [0.3, 0.4) is 0 Å². The van der Waals surface area contributed by atoms with Gasteiger partial charge in [-0.15, -0.1) is 0 Å². The monoisotopic (exact) mass is 212 g/mol. The van der Waals surface area contributed by atoms with Crippen LogP contribution in [-0.2, 0) is 0 Å². The van der Waals surface area contributed by atoms with Gasteiger partial charge in [0.15, 0.2) is 5.17 Å². The highest BCUT2D eigenvalue weighted by atomic mass is 32.2. The molecule has 0 radical (unpaired) electrons. The minimum atomic E-state index is -0.468. The molecular weight excluding hydrogens is 203 g/mol. The van der Waals surface area contributed by atoms with Gasteiger partial charge in [-0.05, 0) is 12.1 Å². The number of hydrogen-bond donors (Lipinski definition) is 2. The molecule has 1 saturated heterocycles. The zero-order chi connectivity index (χ0) is 10.1. The molecule has 0 unspecified atom stereocenters. The Bertz CT molecular complexity index is 383. The summed E-state index contributed by atoms with van der Waals surface area (Å²) in [5.74, 6) is 0.247. The molecule has 2 rings (SSSR count). The van der Waals surface area contributed by atoms with Crippen molar-refractivity contribution < 1.29 is 9.50 Å². The Morgan fingerprint density at radius 2 is 2.29 bits per heavy atom. The first kappa shape index (κ1) is 9.33. The fourth-order valence-electron chi connectivity index (χ4n) is 1.37. The molecule has 5 heteroatoms. The molecule has 0 bridgehead atoms. The van der Waals surface area contributed by atoms with Gasteiger partial charge in [-0.2, -0.15) is 0 Å². The van der Waals surface area contributed by atoms with Gasteiger partial charge >= 0.3 is 0 Å². The van der Waals surface area contributed by atoms with Crippen LogP contribution in [0.5, 0.6) is 5.75 Å². The van der Waals surface area contributed by atoms with Crippen molar-refractivity contribution in [2.24, 2.45) is 0 Å². The van der Waals surface area contributed by atoms with Gasteiger partial charge in [-0.3, -0.25) is 5.41 Å². The van der Waals surface area contributed by atoms with Crippen molar-refractivity contribution in [2.75, 3.05) is 17.2 Å². The Morgan fingerprint density at radius 1 is 1.50 bits per heavy atom. The summed E-state index contributed by atoms with van der Waals surface area (Å²) in [5, 5.41) is 17.5. The second-order valence-corrected chi connectivity index (χ2v) is 4.02. The minimum absolute atomic E-state index is 0.114. The van der Waals surface area contributed by atoms with Crippen molar-refractivity contribution in [1.29, 1.82) is 5.41 Å². The summed E-state index contributed by atoms with van der Waals surface area (Å²) < 4.78 is 12.7. The summed E-state index contributed by atoms with van der Waals surface area (Å²) in [4.78, 5) is 1.67. The molecule has 0 amide bonds. The fraction of sp³-hybridized carbons (Fsp3) is 0.222. The van der Waals surface area contributed by atoms with Gasteiger partial charge in [-0.25, -0.2) is 4.39 Å². The van der Waals surface area contributed by atoms with Gasteiger partial charge in [0.2, 0.25) is 0 Å². The number of rotatable bonds is 1. The van der Waals surface area contributed by atoms with Gasteiger partial charge in [-0.1, -0.05) is 11.8 Å². The largest absolute Gasteiger partial charge is 0.506 e. The third-order valence-corrected chi connectivity index (χ3v) is 2.91. The Hall–Kier alpha value is -1.23. The number of hydrogen-bond acceptors (Lipinski definition) is 3. The van der Waals surface area contributed by atoms with Crippen molar-refractivity contribution >= 4 is 22.6 Å². The van der Waals surface area contributed by atoms with E-state index < -0.39 is 5.82 Å². The zero-order valence-electron chi connectivity index (χ0n) is 7.33. The topological polar surface area (TPSA) is 47.3 Å². The van der Waals surface area contributed by atoms with E-state index in [1.807, 2.05) is 0 Å². The maximum absolute atomic E-state index is 12.7. The van der Waals surface area contributed by atoms with Crippen molar-refractivity contribution in [3.63, 3.8) is 0 Å². The van der Waals surface area contributed by atoms with Crippen LogP contribution >= 0.6 is 11.8 Å². The van der Waals surface area contributed by atoms with Crippen molar-refractivity contribution in [2.45, 2.75) is 0 Å². The third-order valence-electron chi connectivity index (χ3n) is 2.03. The summed E-state index contributed by atoms with van der Waals surface area (Å²) in [6.45, 7) is 0.683. The van der Waals surface area contributed by atoms with Gasteiger partial charge in [0.1, 0.15) is 11.6 Å². The van der Waals surface area contributed by atoms with E-state index >= 15 is 0 Å². The molecular formula is C9H9FN2OS. The second-order valence-electron chi connectivity index (χ2n) is 2.94. The Kier molecular flexibility index (Phi) is 2.33. The lowest BCUT2D eigenvalue weighted by Crippen LogP contribution is -2.22. The van der Waals surface area contributed by atoms with E-state index in [4.69, 9.17) is 5.41 Å². The molecule has 1 fully saturated rings. The average Bonchev–Trinajstić information content (AvgIpc) is 2.52. The maximum atomic E-state index is 12.7. The fourth-order valence-corrected chi connectivity index (χ4v) is 2.18. The quantitative estimate of drug-likeness (QED) is 0.748. The molecule has 0 spiro atoms. The molecule has 2 N–H and O–H groups in total. The summed E-state index contributed by atoms with van der Waals surface area (Å²) in [6.07, 6.45) is 0. The number of phenolic OH excluding ortho intramolecular Hbond substituents is 1. The predicted molar refractivity (Wildman–Crippen MR) is 55.6 cm³/mol. The molecule has 3 nitrogen and oxygen atoms in total.